The molecule has 2 aromatic carbocycles. The minimum Gasteiger partial charge on any atom is -0.472 e. The van der Waals surface area contributed by atoms with Gasteiger partial charge in [-0.25, -0.2) is 9.18 Å². The number of fused-ring (bicyclic) bond motifs is 2. The highest BCUT2D eigenvalue weighted by Crippen LogP contribution is 2.37. The first-order valence-corrected chi connectivity index (χ1v) is 9.19. The van der Waals surface area contributed by atoms with Crippen molar-refractivity contribution in [1.82, 2.24) is 0 Å². The minimum absolute atomic E-state index is 0.232. The van der Waals surface area contributed by atoms with Gasteiger partial charge in [-0.1, -0.05) is 22.9 Å². The Kier molecular flexibility index (Phi) is 4.23. The van der Waals surface area contributed by atoms with Crippen molar-refractivity contribution in [2.45, 2.75) is 26.8 Å². The van der Waals surface area contributed by atoms with Crippen molar-refractivity contribution in [2.75, 3.05) is 11.6 Å². The molecule has 1 aliphatic heterocycles. The van der Waals surface area contributed by atoms with Gasteiger partial charge in [-0.2, -0.15) is 0 Å². The fourth-order valence-electron chi connectivity index (χ4n) is 3.47. The van der Waals surface area contributed by atoms with E-state index in [2.05, 4.69) is 15.9 Å². The lowest BCUT2D eigenvalue weighted by molar-refractivity contribution is 0.286. The second kappa shape index (κ2) is 6.43. The fourth-order valence-corrected chi connectivity index (χ4v) is 3.80. The second-order valence-electron chi connectivity index (χ2n) is 6.38. The summed E-state index contributed by atoms with van der Waals surface area (Å²) >= 11 is 3.28. The summed E-state index contributed by atoms with van der Waals surface area (Å²) in [6.45, 7) is 4.64. The van der Waals surface area contributed by atoms with Gasteiger partial charge in [0.15, 0.2) is 6.73 Å². The quantitative estimate of drug-likeness (QED) is 0.554. The maximum atomic E-state index is 14.3. The Bertz CT molecular complexity index is 1080. The summed E-state index contributed by atoms with van der Waals surface area (Å²) in [5, 5.41) is 0.907. The van der Waals surface area contributed by atoms with Crippen LogP contribution in [-0.2, 0) is 13.0 Å². The van der Waals surface area contributed by atoms with Crippen molar-refractivity contribution >= 4 is 32.6 Å². The highest BCUT2D eigenvalue weighted by atomic mass is 79.9. The van der Waals surface area contributed by atoms with Gasteiger partial charge in [0.05, 0.1) is 5.69 Å². The maximum Gasteiger partial charge on any atom is 0.336 e. The molecular formula is C20H17BrFNO3. The van der Waals surface area contributed by atoms with Crippen LogP contribution >= 0.6 is 15.9 Å². The first-order chi connectivity index (χ1) is 12.5. The van der Waals surface area contributed by atoms with E-state index in [9.17, 15) is 9.18 Å². The van der Waals surface area contributed by atoms with Gasteiger partial charge in [-0.05, 0) is 43.2 Å². The Morgan fingerprint density at radius 3 is 2.81 bits per heavy atom. The standard InChI is InChI=1S/C20H17BrFNO3/c1-3-12-7-18(24)26-20-11(2)19-13(6-15(12)20)9-23(10-25-19)17-5-4-14(21)8-16(17)22/h4-8H,3,9-10H2,1-2H3. The van der Waals surface area contributed by atoms with Gasteiger partial charge in [-0.3, -0.25) is 0 Å². The number of hydrogen-bond donors (Lipinski definition) is 0. The average molecular weight is 418 g/mol. The number of rotatable bonds is 2. The third kappa shape index (κ3) is 2.78. The van der Waals surface area contributed by atoms with Crippen LogP contribution < -0.4 is 15.3 Å². The van der Waals surface area contributed by atoms with Crippen LogP contribution in [-0.4, -0.2) is 6.73 Å². The normalized spacial score (nSPS) is 13.6. The first kappa shape index (κ1) is 17.1. The van der Waals surface area contributed by atoms with E-state index in [1.165, 1.54) is 12.1 Å². The maximum absolute atomic E-state index is 14.3. The van der Waals surface area contributed by atoms with Crippen LogP contribution in [0, 0.1) is 12.7 Å². The predicted octanol–water partition coefficient (Wildman–Crippen LogP) is 4.92. The van der Waals surface area contributed by atoms with E-state index in [1.54, 1.807) is 6.07 Å². The van der Waals surface area contributed by atoms with Crippen molar-refractivity contribution in [2.24, 2.45) is 0 Å². The number of nitrogens with zero attached hydrogens (tertiary/aromatic N) is 1. The predicted molar refractivity (Wildman–Crippen MR) is 102 cm³/mol. The molecule has 1 aliphatic rings. The van der Waals surface area contributed by atoms with Crippen LogP contribution in [0.4, 0.5) is 10.1 Å². The molecule has 134 valence electrons. The highest BCUT2D eigenvalue weighted by Gasteiger charge is 2.24. The summed E-state index contributed by atoms with van der Waals surface area (Å²) in [7, 11) is 0. The van der Waals surface area contributed by atoms with Crippen LogP contribution in [0.2, 0.25) is 0 Å². The molecule has 0 saturated heterocycles. The van der Waals surface area contributed by atoms with Crippen molar-refractivity contribution in [3.63, 3.8) is 0 Å². The lowest BCUT2D eigenvalue weighted by Crippen LogP contribution is -2.33. The van der Waals surface area contributed by atoms with E-state index >= 15 is 0 Å². The van der Waals surface area contributed by atoms with Crippen LogP contribution in [0.5, 0.6) is 5.75 Å². The SMILES string of the molecule is CCc1cc(=O)oc2c(C)c3c(cc12)CN(c1ccc(Br)cc1F)CO3. The van der Waals surface area contributed by atoms with Gasteiger partial charge in [0, 0.05) is 33.6 Å². The Morgan fingerprint density at radius 1 is 1.27 bits per heavy atom. The fraction of sp³-hybridized carbons (Fsp3) is 0.250. The number of hydrogen-bond acceptors (Lipinski definition) is 4. The zero-order chi connectivity index (χ0) is 18.4. The lowest BCUT2D eigenvalue weighted by Gasteiger charge is -2.32. The summed E-state index contributed by atoms with van der Waals surface area (Å²) in [5.74, 6) is 0.409. The van der Waals surface area contributed by atoms with E-state index in [0.29, 0.717) is 28.0 Å². The molecule has 0 bridgehead atoms. The molecule has 0 radical (unpaired) electrons. The zero-order valence-electron chi connectivity index (χ0n) is 14.4. The highest BCUT2D eigenvalue weighted by molar-refractivity contribution is 9.10. The van der Waals surface area contributed by atoms with Crippen molar-refractivity contribution in [1.29, 1.82) is 0 Å². The molecule has 1 aromatic heterocycles. The van der Waals surface area contributed by atoms with Gasteiger partial charge in [0.2, 0.25) is 0 Å². The second-order valence-corrected chi connectivity index (χ2v) is 7.29. The first-order valence-electron chi connectivity index (χ1n) is 8.40. The number of halogens is 2. The summed E-state index contributed by atoms with van der Waals surface area (Å²) in [4.78, 5) is 13.7. The molecule has 4 nitrogen and oxygen atoms in total. The average Bonchev–Trinajstić information content (AvgIpc) is 2.61. The Hall–Kier alpha value is -2.34. The summed E-state index contributed by atoms with van der Waals surface area (Å²) in [5.41, 5.74) is 3.40. The van der Waals surface area contributed by atoms with E-state index < -0.39 is 0 Å². The topological polar surface area (TPSA) is 42.7 Å². The third-order valence-corrected chi connectivity index (χ3v) is 5.23. The molecule has 0 amide bonds. The van der Waals surface area contributed by atoms with Crippen LogP contribution in [0.15, 0.2) is 44.0 Å². The van der Waals surface area contributed by atoms with Crippen molar-refractivity contribution < 1.29 is 13.5 Å². The Labute approximate surface area is 158 Å². The van der Waals surface area contributed by atoms with Gasteiger partial charge in [0.25, 0.3) is 0 Å². The lowest BCUT2D eigenvalue weighted by atomic mass is 9.99. The van der Waals surface area contributed by atoms with Crippen LogP contribution in [0.25, 0.3) is 11.0 Å². The zero-order valence-corrected chi connectivity index (χ0v) is 16.0. The van der Waals surface area contributed by atoms with Gasteiger partial charge < -0.3 is 14.1 Å². The van der Waals surface area contributed by atoms with E-state index in [1.807, 2.05) is 30.9 Å². The molecule has 3 aromatic rings. The molecule has 6 heteroatoms. The molecule has 0 aliphatic carbocycles. The minimum atomic E-state index is -0.355. The number of anilines is 1. The summed E-state index contributed by atoms with van der Waals surface area (Å²) < 4.78 is 26.4. The molecule has 0 unspecified atom stereocenters. The molecule has 0 N–H and O–H groups in total. The van der Waals surface area contributed by atoms with E-state index in [-0.39, 0.29) is 18.2 Å². The molecule has 0 saturated carbocycles. The molecule has 26 heavy (non-hydrogen) atoms. The number of aryl methyl sites for hydroxylation is 2. The number of ether oxygens (including phenoxy) is 1. The largest absolute Gasteiger partial charge is 0.472 e. The smallest absolute Gasteiger partial charge is 0.336 e. The van der Waals surface area contributed by atoms with Gasteiger partial charge in [0.1, 0.15) is 17.1 Å². The molecular weight excluding hydrogens is 401 g/mol. The molecule has 4 rings (SSSR count). The van der Waals surface area contributed by atoms with Crippen LogP contribution in [0.1, 0.15) is 23.6 Å². The Balaban J connectivity index is 1.83. The van der Waals surface area contributed by atoms with Crippen molar-refractivity contribution in [3.05, 3.63) is 67.7 Å². The van der Waals surface area contributed by atoms with E-state index in [0.717, 1.165) is 28.5 Å². The molecule has 2 heterocycles. The van der Waals surface area contributed by atoms with E-state index in [4.69, 9.17) is 9.15 Å². The van der Waals surface area contributed by atoms with Gasteiger partial charge >= 0.3 is 5.63 Å². The number of benzene rings is 2. The summed E-state index contributed by atoms with van der Waals surface area (Å²) in [6, 6.07) is 8.51. The Morgan fingerprint density at radius 2 is 2.08 bits per heavy atom. The summed E-state index contributed by atoms with van der Waals surface area (Å²) in [6.07, 6.45) is 0.728. The molecule has 0 atom stereocenters. The third-order valence-electron chi connectivity index (χ3n) is 4.73. The van der Waals surface area contributed by atoms with Crippen molar-refractivity contribution in [3.8, 4) is 5.75 Å². The monoisotopic (exact) mass is 417 g/mol. The van der Waals surface area contributed by atoms with Gasteiger partial charge in [-0.15, -0.1) is 0 Å². The molecule has 0 fully saturated rings. The van der Waals surface area contributed by atoms with Crippen LogP contribution in [0.3, 0.4) is 0 Å². The molecule has 0 spiro atoms.